The highest BCUT2D eigenvalue weighted by Gasteiger charge is 2.19. The molecule has 0 spiro atoms. The number of sulfonamides is 1. The molecular weight excluding hydrogens is 284 g/mol. The molecule has 0 unspecified atom stereocenters. The maximum absolute atomic E-state index is 12.2. The van der Waals surface area contributed by atoms with Crippen LogP contribution in [-0.4, -0.2) is 23.2 Å². The van der Waals surface area contributed by atoms with Gasteiger partial charge >= 0.3 is 0 Å². The number of hydrogen-bond donors (Lipinski definition) is 1. The van der Waals surface area contributed by atoms with Crippen LogP contribution in [0.5, 0.6) is 0 Å². The summed E-state index contributed by atoms with van der Waals surface area (Å²) in [5.74, 6) is 0. The number of aromatic nitrogens is 3. The summed E-state index contributed by atoms with van der Waals surface area (Å²) in [4.78, 5) is 4.22. The summed E-state index contributed by atoms with van der Waals surface area (Å²) < 4.78 is 28.4. The van der Waals surface area contributed by atoms with E-state index in [9.17, 15) is 8.42 Å². The van der Waals surface area contributed by atoms with Crippen molar-refractivity contribution in [2.24, 2.45) is 0 Å². The first kappa shape index (κ1) is 14.2. The largest absolute Gasteiger partial charge is 0.258 e. The standard InChI is InChI=1S/C11H16N4O2S2/c1-3-6-15-11(4-5-12-15)19(16,17)13-7-10-8-18-9(2)14-10/h4-5,8,13H,3,6-7H2,1-2H3. The molecule has 0 saturated carbocycles. The number of hydrogen-bond acceptors (Lipinski definition) is 5. The van der Waals surface area contributed by atoms with Crippen molar-refractivity contribution in [2.45, 2.75) is 38.4 Å². The van der Waals surface area contributed by atoms with E-state index in [1.165, 1.54) is 28.3 Å². The summed E-state index contributed by atoms with van der Waals surface area (Å²) in [6.45, 7) is 4.64. The van der Waals surface area contributed by atoms with E-state index >= 15 is 0 Å². The number of nitrogens with one attached hydrogen (secondary N) is 1. The van der Waals surface area contributed by atoms with Gasteiger partial charge in [0, 0.05) is 11.9 Å². The van der Waals surface area contributed by atoms with E-state index in [1.807, 2.05) is 19.2 Å². The second kappa shape index (κ2) is 5.81. The van der Waals surface area contributed by atoms with E-state index in [2.05, 4.69) is 14.8 Å². The highest BCUT2D eigenvalue weighted by atomic mass is 32.2. The zero-order valence-corrected chi connectivity index (χ0v) is 12.5. The van der Waals surface area contributed by atoms with Crippen molar-refractivity contribution < 1.29 is 8.42 Å². The van der Waals surface area contributed by atoms with Crippen LogP contribution in [0.3, 0.4) is 0 Å². The Morgan fingerprint density at radius 1 is 1.47 bits per heavy atom. The molecule has 0 aliphatic carbocycles. The first-order valence-corrected chi connectivity index (χ1v) is 8.31. The third-order valence-corrected chi connectivity index (χ3v) is 4.74. The summed E-state index contributed by atoms with van der Waals surface area (Å²) in [6.07, 6.45) is 2.33. The van der Waals surface area contributed by atoms with E-state index in [1.54, 1.807) is 0 Å². The van der Waals surface area contributed by atoms with Crippen LogP contribution in [0.1, 0.15) is 24.0 Å². The molecule has 2 heterocycles. The fourth-order valence-corrected chi connectivity index (χ4v) is 3.42. The van der Waals surface area contributed by atoms with Crippen molar-refractivity contribution in [1.29, 1.82) is 0 Å². The van der Waals surface area contributed by atoms with Gasteiger partial charge in [-0.25, -0.2) is 18.1 Å². The Morgan fingerprint density at radius 2 is 2.26 bits per heavy atom. The highest BCUT2D eigenvalue weighted by Crippen LogP contribution is 2.11. The van der Waals surface area contributed by atoms with Crippen LogP contribution in [-0.2, 0) is 23.1 Å². The Morgan fingerprint density at radius 3 is 2.89 bits per heavy atom. The lowest BCUT2D eigenvalue weighted by Crippen LogP contribution is -2.26. The third-order valence-electron chi connectivity index (χ3n) is 2.50. The van der Waals surface area contributed by atoms with Crippen LogP contribution in [0.15, 0.2) is 22.7 Å². The number of rotatable bonds is 6. The van der Waals surface area contributed by atoms with Crippen LogP contribution in [0.4, 0.5) is 0 Å². The molecule has 0 aliphatic rings. The van der Waals surface area contributed by atoms with Crippen LogP contribution in [0.25, 0.3) is 0 Å². The molecule has 104 valence electrons. The van der Waals surface area contributed by atoms with Gasteiger partial charge in [-0.15, -0.1) is 11.3 Å². The Hall–Kier alpha value is -1.25. The molecule has 0 aliphatic heterocycles. The minimum absolute atomic E-state index is 0.196. The van der Waals surface area contributed by atoms with Gasteiger partial charge in [-0.3, -0.25) is 4.68 Å². The van der Waals surface area contributed by atoms with Gasteiger partial charge in [-0.2, -0.15) is 5.10 Å². The maximum atomic E-state index is 12.2. The third kappa shape index (κ3) is 3.40. The predicted octanol–water partition coefficient (Wildman–Crippen LogP) is 1.54. The molecule has 0 atom stereocenters. The molecule has 6 nitrogen and oxygen atoms in total. The normalized spacial score (nSPS) is 11.9. The van der Waals surface area contributed by atoms with E-state index in [-0.39, 0.29) is 11.6 Å². The average molecular weight is 300 g/mol. The molecule has 0 bridgehead atoms. The van der Waals surface area contributed by atoms with E-state index in [0.29, 0.717) is 6.54 Å². The molecule has 0 fully saturated rings. The lowest BCUT2D eigenvalue weighted by Gasteiger charge is -2.07. The lowest BCUT2D eigenvalue weighted by molar-refractivity contribution is 0.523. The molecule has 1 N–H and O–H groups in total. The summed E-state index contributed by atoms with van der Waals surface area (Å²) in [6, 6.07) is 1.50. The van der Waals surface area contributed by atoms with Gasteiger partial charge in [-0.1, -0.05) is 6.92 Å². The van der Waals surface area contributed by atoms with Gasteiger partial charge in [0.2, 0.25) is 0 Å². The van der Waals surface area contributed by atoms with E-state index < -0.39 is 10.0 Å². The number of aryl methyl sites for hydroxylation is 2. The van der Waals surface area contributed by atoms with Crippen molar-refractivity contribution >= 4 is 21.4 Å². The molecule has 0 radical (unpaired) electrons. The number of nitrogens with zero attached hydrogens (tertiary/aromatic N) is 3. The van der Waals surface area contributed by atoms with Gasteiger partial charge in [0.1, 0.15) is 0 Å². The number of thiazole rings is 1. The van der Waals surface area contributed by atoms with E-state index in [0.717, 1.165) is 17.1 Å². The summed E-state index contributed by atoms with van der Waals surface area (Å²) in [5.41, 5.74) is 0.729. The quantitative estimate of drug-likeness (QED) is 0.878. The topological polar surface area (TPSA) is 76.9 Å². The lowest BCUT2D eigenvalue weighted by atomic mass is 10.5. The van der Waals surface area contributed by atoms with Crippen LogP contribution in [0, 0.1) is 6.92 Å². The van der Waals surface area contributed by atoms with Gasteiger partial charge in [0.25, 0.3) is 10.0 Å². The van der Waals surface area contributed by atoms with Crippen molar-refractivity contribution in [3.05, 3.63) is 28.3 Å². The van der Waals surface area contributed by atoms with Crippen LogP contribution in [0.2, 0.25) is 0 Å². The molecule has 2 aromatic rings. The van der Waals surface area contributed by atoms with Crippen molar-refractivity contribution in [3.63, 3.8) is 0 Å². The summed E-state index contributed by atoms with van der Waals surface area (Å²) in [5, 5.41) is 6.98. The zero-order chi connectivity index (χ0) is 13.9. The van der Waals surface area contributed by atoms with Crippen molar-refractivity contribution in [1.82, 2.24) is 19.5 Å². The molecule has 0 saturated heterocycles. The zero-order valence-electron chi connectivity index (χ0n) is 10.8. The average Bonchev–Trinajstić information content (AvgIpc) is 2.97. The first-order valence-electron chi connectivity index (χ1n) is 5.95. The van der Waals surface area contributed by atoms with Gasteiger partial charge < -0.3 is 0 Å². The molecule has 2 aromatic heterocycles. The fraction of sp³-hybridized carbons (Fsp3) is 0.455. The molecule has 2 rings (SSSR count). The molecule has 19 heavy (non-hydrogen) atoms. The Bertz CT molecular complexity index is 645. The SMILES string of the molecule is CCCn1nccc1S(=O)(=O)NCc1csc(C)n1. The molecule has 0 amide bonds. The fourth-order valence-electron chi connectivity index (χ4n) is 1.66. The second-order valence-corrected chi connectivity index (χ2v) is 6.85. The van der Waals surface area contributed by atoms with Crippen LogP contribution < -0.4 is 4.72 Å². The van der Waals surface area contributed by atoms with Gasteiger partial charge in [0.05, 0.1) is 23.4 Å². The van der Waals surface area contributed by atoms with Crippen molar-refractivity contribution in [2.75, 3.05) is 0 Å². The monoisotopic (exact) mass is 300 g/mol. The summed E-state index contributed by atoms with van der Waals surface area (Å²) in [7, 11) is -3.54. The van der Waals surface area contributed by atoms with Gasteiger partial charge in [0.15, 0.2) is 5.03 Å². The molecule has 0 aromatic carbocycles. The predicted molar refractivity (Wildman–Crippen MR) is 73.4 cm³/mol. The second-order valence-electron chi connectivity index (χ2n) is 4.07. The Balaban J connectivity index is 2.11. The Labute approximate surface area is 116 Å². The summed E-state index contributed by atoms with van der Waals surface area (Å²) >= 11 is 1.50. The smallest absolute Gasteiger partial charge is 0.253 e. The Kier molecular flexibility index (Phi) is 4.33. The van der Waals surface area contributed by atoms with Gasteiger partial charge in [-0.05, 0) is 19.4 Å². The van der Waals surface area contributed by atoms with Crippen LogP contribution >= 0.6 is 11.3 Å². The maximum Gasteiger partial charge on any atom is 0.258 e. The van der Waals surface area contributed by atoms with Crippen molar-refractivity contribution in [3.8, 4) is 0 Å². The molecular formula is C11H16N4O2S2. The highest BCUT2D eigenvalue weighted by molar-refractivity contribution is 7.89. The minimum atomic E-state index is -3.54. The van der Waals surface area contributed by atoms with E-state index in [4.69, 9.17) is 0 Å². The molecule has 8 heteroatoms. The minimum Gasteiger partial charge on any atom is -0.253 e. The first-order chi connectivity index (χ1) is 9.03.